The molecule has 0 N–H and O–H groups in total. The smallest absolute Gasteiger partial charge is 0 e. The second kappa shape index (κ2) is 23.3. The maximum atomic E-state index is 2.16. The van der Waals surface area contributed by atoms with E-state index in [0.717, 1.165) is 0 Å². The van der Waals surface area contributed by atoms with Crippen LogP contribution in [0.1, 0.15) is 5.56 Å². The van der Waals surface area contributed by atoms with E-state index in [0.29, 0.717) is 0 Å². The molecule has 3 rings (SSSR count). The van der Waals surface area contributed by atoms with Crippen molar-refractivity contribution in [3.8, 4) is 0 Å². The average molecular weight is 478 g/mol. The summed E-state index contributed by atoms with van der Waals surface area (Å²) in [4.78, 5) is 0. The van der Waals surface area contributed by atoms with Crippen molar-refractivity contribution in [2.24, 2.45) is 0 Å². The molecule has 0 nitrogen and oxygen atoms in total. The van der Waals surface area contributed by atoms with E-state index in [1.54, 1.807) is 0 Å². The Morgan fingerprint density at radius 3 is 1.57 bits per heavy atom. The zero-order valence-electron chi connectivity index (χ0n) is 16.4. The molecule has 3 aromatic rings. The topological polar surface area (TPSA) is 0 Å². The van der Waals surface area contributed by atoms with Crippen LogP contribution < -0.4 is 0 Å². The van der Waals surface area contributed by atoms with Crippen LogP contribution in [0.4, 0.5) is 0 Å². The van der Waals surface area contributed by atoms with Gasteiger partial charge in [-0.25, -0.2) is 12.1 Å². The normalized spacial score (nSPS) is 6.30. The summed E-state index contributed by atoms with van der Waals surface area (Å²) in [6, 6.07) is 22.8. The van der Waals surface area contributed by atoms with Gasteiger partial charge in [0.05, 0.1) is 0 Å². The first-order chi connectivity index (χ1) is 7.38. The van der Waals surface area contributed by atoms with Crippen molar-refractivity contribution in [2.75, 3.05) is 0 Å². The molecule has 0 heterocycles. The molecule has 0 bridgehead atoms. The fourth-order valence-corrected chi connectivity index (χ4v) is 1.63. The Bertz CT molecular complexity index is 486. The van der Waals surface area contributed by atoms with Crippen LogP contribution in [0.5, 0.6) is 0 Å². The molecule has 0 amide bonds. The van der Waals surface area contributed by atoms with Crippen LogP contribution in [0, 0.1) is 58.9 Å². The third-order valence-corrected chi connectivity index (χ3v) is 2.45. The summed E-state index contributed by atoms with van der Waals surface area (Å²) < 4.78 is 0. The average Bonchev–Trinajstić information content (AvgIpc) is 2.92. The van der Waals surface area contributed by atoms with Crippen LogP contribution in [0.15, 0.2) is 66.7 Å². The minimum atomic E-state index is 0. The van der Waals surface area contributed by atoms with Gasteiger partial charge in [-0.3, -0.25) is 0 Å². The molecule has 1 heteroatoms. The standard InChI is InChI=1S/C10H9.C5H5.7CH3.Hf/c1-8-6-7-9-4-2-3-5-10(8)9;1-2-4-5-3-1;;;;;;;;/h2-7H,1H3;1-5H;7*1H3;/q9*-1;. The summed E-state index contributed by atoms with van der Waals surface area (Å²) in [5.74, 6) is 0. The van der Waals surface area contributed by atoms with Crippen molar-refractivity contribution >= 4 is 10.8 Å². The molecule has 0 fully saturated rings. The van der Waals surface area contributed by atoms with Gasteiger partial charge >= 0.3 is 0 Å². The fourth-order valence-electron chi connectivity index (χ4n) is 1.63. The summed E-state index contributed by atoms with van der Waals surface area (Å²) in [6.07, 6.45) is 0. The molecule has 0 saturated heterocycles. The first-order valence-electron chi connectivity index (χ1n) is 5.15. The van der Waals surface area contributed by atoms with Gasteiger partial charge in [-0.05, 0) is 0 Å². The van der Waals surface area contributed by atoms with Crippen molar-refractivity contribution < 1.29 is 25.8 Å². The van der Waals surface area contributed by atoms with Gasteiger partial charge in [0.2, 0.25) is 0 Å². The molecule has 0 aromatic heterocycles. The van der Waals surface area contributed by atoms with Crippen LogP contribution in [0.3, 0.4) is 0 Å². The van der Waals surface area contributed by atoms with Crippen molar-refractivity contribution in [3.63, 3.8) is 0 Å². The second-order valence-electron chi connectivity index (χ2n) is 3.57. The van der Waals surface area contributed by atoms with E-state index in [-0.39, 0.29) is 77.8 Å². The van der Waals surface area contributed by atoms with Gasteiger partial charge in [-0.15, -0.1) is 34.5 Å². The maximum Gasteiger partial charge on any atom is 0 e. The summed E-state index contributed by atoms with van der Waals surface area (Å²) in [6.45, 7) is 2.14. The third kappa shape index (κ3) is 13.2. The van der Waals surface area contributed by atoms with Gasteiger partial charge in [0.25, 0.3) is 0 Å². The summed E-state index contributed by atoms with van der Waals surface area (Å²) >= 11 is 0. The van der Waals surface area contributed by atoms with Crippen molar-refractivity contribution in [3.05, 3.63) is 124 Å². The fraction of sp³-hybridized carbons (Fsp3) is 0.0455. The molecule has 23 heavy (non-hydrogen) atoms. The number of fused-ring (bicyclic) bond motifs is 1. The van der Waals surface area contributed by atoms with Crippen LogP contribution in [-0.2, 0) is 25.8 Å². The molecule has 0 aliphatic carbocycles. The largest absolute Gasteiger partial charge is 0.358 e. The monoisotopic (exact) mass is 479 g/mol. The summed E-state index contributed by atoms with van der Waals surface area (Å²) in [7, 11) is 0. The summed E-state index contributed by atoms with van der Waals surface area (Å²) in [5.41, 5.74) is 1.37. The minimum Gasteiger partial charge on any atom is -0.358 e. The van der Waals surface area contributed by atoms with Crippen molar-refractivity contribution in [2.45, 2.75) is 6.92 Å². The van der Waals surface area contributed by atoms with E-state index >= 15 is 0 Å². The van der Waals surface area contributed by atoms with Crippen LogP contribution in [0.2, 0.25) is 0 Å². The Morgan fingerprint density at radius 2 is 1.17 bits per heavy atom. The van der Waals surface area contributed by atoms with E-state index in [4.69, 9.17) is 0 Å². The molecule has 0 radical (unpaired) electrons. The Balaban J connectivity index is -0.0000000360. The molecule has 0 aliphatic rings. The van der Waals surface area contributed by atoms with Crippen LogP contribution in [0.25, 0.3) is 10.8 Å². The number of hydrogen-bond donors (Lipinski definition) is 0. The Kier molecular flexibility index (Phi) is 43.7. The van der Waals surface area contributed by atoms with E-state index in [1.807, 2.05) is 30.3 Å². The van der Waals surface area contributed by atoms with Gasteiger partial charge in [0.1, 0.15) is 0 Å². The van der Waals surface area contributed by atoms with Gasteiger partial charge < -0.3 is 52.0 Å². The number of benzene rings is 1. The van der Waals surface area contributed by atoms with Gasteiger partial charge in [0, 0.05) is 25.8 Å². The number of rotatable bonds is 0. The molecule has 0 unspecified atom stereocenters. The molecule has 0 atom stereocenters. The Morgan fingerprint density at radius 1 is 0.696 bits per heavy atom. The zero-order valence-corrected chi connectivity index (χ0v) is 19.9. The molecule has 0 saturated carbocycles. The Labute approximate surface area is 167 Å². The van der Waals surface area contributed by atoms with Crippen LogP contribution in [-0.4, -0.2) is 0 Å². The van der Waals surface area contributed by atoms with Gasteiger partial charge in [-0.1, -0.05) is 13.0 Å². The first-order valence-corrected chi connectivity index (χ1v) is 5.15. The molecular weight excluding hydrogens is 443 g/mol. The van der Waals surface area contributed by atoms with E-state index in [1.165, 1.54) is 16.3 Å². The molecule has 0 spiro atoms. The Hall–Kier alpha value is -0.950. The van der Waals surface area contributed by atoms with Crippen molar-refractivity contribution in [1.82, 2.24) is 0 Å². The molecule has 136 valence electrons. The van der Waals surface area contributed by atoms with E-state index in [9.17, 15) is 0 Å². The van der Waals surface area contributed by atoms with Gasteiger partial charge in [-0.2, -0.15) is 30.3 Å². The molecule has 0 aliphatic heterocycles. The minimum absolute atomic E-state index is 0. The SMILES string of the molecule is C[c-]1ccc2ccccc21.[CH3-].[CH3-].[CH3-].[CH3-].[CH3-].[CH3-].[CH3-].[Hf].c1cc[cH-]c1. The quantitative estimate of drug-likeness (QED) is 0.233. The van der Waals surface area contributed by atoms with E-state index < -0.39 is 0 Å². The van der Waals surface area contributed by atoms with E-state index in [2.05, 4.69) is 43.3 Å². The molecular formula is C22H35Hf-9. The molecule has 3 aromatic carbocycles. The predicted molar refractivity (Wildman–Crippen MR) is 111 cm³/mol. The predicted octanol–water partition coefficient (Wildman–Crippen LogP) is 7.42. The summed E-state index contributed by atoms with van der Waals surface area (Å²) in [5, 5.41) is 2.72. The number of hydrogen-bond acceptors (Lipinski definition) is 0. The number of aryl methyl sites for hydroxylation is 1. The second-order valence-corrected chi connectivity index (χ2v) is 3.57. The maximum absolute atomic E-state index is 2.16. The van der Waals surface area contributed by atoms with Gasteiger partial charge in [0.15, 0.2) is 0 Å². The zero-order chi connectivity index (χ0) is 10.5. The van der Waals surface area contributed by atoms with Crippen LogP contribution >= 0.6 is 0 Å². The third-order valence-electron chi connectivity index (χ3n) is 2.45. The first kappa shape index (κ1) is 43.1. The van der Waals surface area contributed by atoms with Crippen molar-refractivity contribution in [1.29, 1.82) is 0 Å².